The Kier molecular flexibility index (Phi) is 6.20. The number of benzene rings is 3. The van der Waals surface area contributed by atoms with Crippen molar-refractivity contribution in [1.29, 1.82) is 0 Å². The fraction of sp³-hybridized carbons (Fsp3) is 0.240. The van der Waals surface area contributed by atoms with Crippen molar-refractivity contribution in [2.45, 2.75) is 41.7 Å². The van der Waals surface area contributed by atoms with Gasteiger partial charge in [0.1, 0.15) is 12.4 Å². The number of hydrogen-bond acceptors (Lipinski definition) is 3. The summed E-state index contributed by atoms with van der Waals surface area (Å²) in [7, 11) is 0. The zero-order chi connectivity index (χ0) is 22.8. The molecule has 0 saturated heterocycles. The second-order valence-electron chi connectivity index (χ2n) is 7.83. The summed E-state index contributed by atoms with van der Waals surface area (Å²) in [6.07, 6.45) is -2.97. The third-order valence-electron chi connectivity index (χ3n) is 5.56. The molecule has 0 bridgehead atoms. The van der Waals surface area contributed by atoms with Gasteiger partial charge in [-0.3, -0.25) is 4.79 Å². The van der Waals surface area contributed by atoms with Crippen LogP contribution in [-0.4, -0.2) is 11.1 Å². The molecule has 7 heteroatoms. The average Bonchev–Trinajstić information content (AvgIpc) is 3.59. The number of carboxylic acid groups (broad SMARTS) is 1. The summed E-state index contributed by atoms with van der Waals surface area (Å²) in [4.78, 5) is 12.5. The van der Waals surface area contributed by atoms with Crippen molar-refractivity contribution >= 4 is 17.7 Å². The molecule has 0 unspecified atom stereocenters. The van der Waals surface area contributed by atoms with Crippen LogP contribution in [0.25, 0.3) is 0 Å². The van der Waals surface area contributed by atoms with Crippen LogP contribution in [0, 0.1) is 0 Å². The molecule has 3 aromatic carbocycles. The molecule has 3 aromatic rings. The molecule has 1 aliphatic carbocycles. The molecule has 1 fully saturated rings. The molecule has 0 aliphatic heterocycles. The van der Waals surface area contributed by atoms with Gasteiger partial charge in [0, 0.05) is 10.6 Å². The molecular formula is C25H21F3O3S. The van der Waals surface area contributed by atoms with E-state index in [4.69, 9.17) is 4.74 Å². The highest BCUT2D eigenvalue weighted by atomic mass is 32.2. The molecule has 166 valence electrons. The Morgan fingerprint density at radius 3 is 2.25 bits per heavy atom. The van der Waals surface area contributed by atoms with Crippen molar-refractivity contribution in [3.63, 3.8) is 0 Å². The van der Waals surface area contributed by atoms with Crippen molar-refractivity contribution in [2.24, 2.45) is 0 Å². The second kappa shape index (κ2) is 8.90. The van der Waals surface area contributed by atoms with Gasteiger partial charge in [0.25, 0.3) is 0 Å². The lowest BCUT2D eigenvalue weighted by atomic mass is 9.96. The molecule has 1 aliphatic rings. The van der Waals surface area contributed by atoms with Crippen LogP contribution >= 0.6 is 11.8 Å². The Bertz CT molecular complexity index is 1090. The summed E-state index contributed by atoms with van der Waals surface area (Å²) in [5.41, 5.74) is 1.19. The van der Waals surface area contributed by atoms with Crippen LogP contribution in [0.2, 0.25) is 0 Å². The number of carbonyl (C=O) groups is 1. The largest absolute Gasteiger partial charge is 0.489 e. The van der Waals surface area contributed by atoms with E-state index in [9.17, 15) is 23.1 Å². The highest BCUT2D eigenvalue weighted by Crippen LogP contribution is 2.48. The molecule has 0 radical (unpaired) electrons. The summed E-state index contributed by atoms with van der Waals surface area (Å²) < 4.78 is 43.7. The SMILES string of the molecule is O=C(O)C1(c2ccc(SCc3cccc(OCc4ccc(C(F)(F)F)cc4)c3)cc2)CC1. The quantitative estimate of drug-likeness (QED) is 0.382. The van der Waals surface area contributed by atoms with Gasteiger partial charge in [-0.1, -0.05) is 36.4 Å². The lowest BCUT2D eigenvalue weighted by Crippen LogP contribution is -2.19. The smallest absolute Gasteiger partial charge is 0.416 e. The fourth-order valence-electron chi connectivity index (χ4n) is 3.47. The number of halogens is 3. The van der Waals surface area contributed by atoms with E-state index in [0.717, 1.165) is 28.2 Å². The number of alkyl halides is 3. The Labute approximate surface area is 188 Å². The van der Waals surface area contributed by atoms with Crippen molar-refractivity contribution < 1.29 is 27.8 Å². The Morgan fingerprint density at radius 1 is 0.969 bits per heavy atom. The van der Waals surface area contributed by atoms with Crippen molar-refractivity contribution in [2.75, 3.05) is 0 Å². The summed E-state index contributed by atoms with van der Waals surface area (Å²) in [6.45, 7) is 0.182. The molecule has 0 aromatic heterocycles. The molecule has 0 spiro atoms. The Balaban J connectivity index is 1.32. The first-order valence-corrected chi connectivity index (χ1v) is 11.1. The third-order valence-corrected chi connectivity index (χ3v) is 6.64. The molecular weight excluding hydrogens is 437 g/mol. The fourth-order valence-corrected chi connectivity index (χ4v) is 4.31. The molecule has 4 rings (SSSR count). The first kappa shape index (κ1) is 22.3. The molecule has 1 saturated carbocycles. The van der Waals surface area contributed by atoms with Crippen molar-refractivity contribution in [3.05, 3.63) is 95.1 Å². The molecule has 0 amide bonds. The van der Waals surface area contributed by atoms with E-state index in [0.29, 0.717) is 29.9 Å². The van der Waals surface area contributed by atoms with Crippen LogP contribution in [0.1, 0.15) is 35.1 Å². The van der Waals surface area contributed by atoms with Crippen molar-refractivity contribution in [1.82, 2.24) is 0 Å². The summed E-state index contributed by atoms with van der Waals surface area (Å²) in [6, 6.07) is 20.2. The minimum absolute atomic E-state index is 0.182. The average molecular weight is 459 g/mol. The maximum absolute atomic E-state index is 12.7. The lowest BCUT2D eigenvalue weighted by Gasteiger charge is -2.11. The maximum Gasteiger partial charge on any atom is 0.416 e. The number of thioether (sulfide) groups is 1. The minimum atomic E-state index is -4.35. The predicted molar refractivity (Wildman–Crippen MR) is 117 cm³/mol. The standard InChI is InChI=1S/C25H21F3O3S/c26-25(27,28)20-6-4-17(5-7-20)15-31-21-3-1-2-18(14-21)16-32-22-10-8-19(9-11-22)24(12-13-24)23(29)30/h1-11,14H,12-13,15-16H2,(H,29,30). The molecule has 0 atom stereocenters. The van der Waals surface area contributed by atoms with Gasteiger partial charge in [0.2, 0.25) is 0 Å². The number of rotatable bonds is 8. The zero-order valence-electron chi connectivity index (χ0n) is 17.1. The minimum Gasteiger partial charge on any atom is -0.489 e. The zero-order valence-corrected chi connectivity index (χ0v) is 17.9. The van der Waals surface area contributed by atoms with E-state index >= 15 is 0 Å². The van der Waals surface area contributed by atoms with Gasteiger partial charge in [-0.15, -0.1) is 11.8 Å². The van der Waals surface area contributed by atoms with E-state index in [1.54, 1.807) is 11.8 Å². The van der Waals surface area contributed by atoms with Gasteiger partial charge in [0.15, 0.2) is 0 Å². The van der Waals surface area contributed by atoms with Crippen LogP contribution in [0.4, 0.5) is 13.2 Å². The number of ether oxygens (including phenoxy) is 1. The number of hydrogen-bond donors (Lipinski definition) is 1. The van der Waals surface area contributed by atoms with Gasteiger partial charge in [-0.25, -0.2) is 0 Å². The van der Waals surface area contributed by atoms with Gasteiger partial charge in [-0.05, 0) is 65.9 Å². The highest BCUT2D eigenvalue weighted by molar-refractivity contribution is 7.98. The van der Waals surface area contributed by atoms with E-state index in [1.807, 2.05) is 48.5 Å². The van der Waals surface area contributed by atoms with Crippen LogP contribution in [0.15, 0.2) is 77.7 Å². The molecule has 32 heavy (non-hydrogen) atoms. The van der Waals surface area contributed by atoms with Gasteiger partial charge >= 0.3 is 12.1 Å². The van der Waals surface area contributed by atoms with E-state index in [2.05, 4.69) is 0 Å². The van der Waals surface area contributed by atoms with Gasteiger partial charge in [-0.2, -0.15) is 13.2 Å². The first-order chi connectivity index (χ1) is 15.3. The third kappa shape index (κ3) is 5.10. The number of carboxylic acids is 1. The summed E-state index contributed by atoms with van der Waals surface area (Å²) >= 11 is 1.64. The Morgan fingerprint density at radius 2 is 1.66 bits per heavy atom. The van der Waals surface area contributed by atoms with E-state index in [1.165, 1.54) is 12.1 Å². The Hall–Kier alpha value is -2.93. The lowest BCUT2D eigenvalue weighted by molar-refractivity contribution is -0.140. The first-order valence-electron chi connectivity index (χ1n) is 10.1. The predicted octanol–water partition coefficient (Wildman–Crippen LogP) is 6.69. The van der Waals surface area contributed by atoms with Crippen LogP contribution < -0.4 is 4.74 Å². The monoisotopic (exact) mass is 458 g/mol. The molecule has 1 N–H and O–H groups in total. The van der Waals surface area contributed by atoms with E-state index in [-0.39, 0.29) is 6.61 Å². The summed E-state index contributed by atoms with van der Waals surface area (Å²) in [5, 5.41) is 9.40. The highest BCUT2D eigenvalue weighted by Gasteiger charge is 2.51. The second-order valence-corrected chi connectivity index (χ2v) is 8.88. The number of aliphatic carboxylic acids is 1. The van der Waals surface area contributed by atoms with Crippen LogP contribution in [0.3, 0.4) is 0 Å². The van der Waals surface area contributed by atoms with Gasteiger partial charge in [0.05, 0.1) is 11.0 Å². The normalized spacial score (nSPS) is 14.7. The molecule has 0 heterocycles. The summed E-state index contributed by atoms with van der Waals surface area (Å²) in [5.74, 6) is 0.599. The van der Waals surface area contributed by atoms with Crippen LogP contribution in [0.5, 0.6) is 5.75 Å². The van der Waals surface area contributed by atoms with E-state index < -0.39 is 23.1 Å². The molecule has 3 nitrogen and oxygen atoms in total. The maximum atomic E-state index is 12.7. The van der Waals surface area contributed by atoms with Gasteiger partial charge < -0.3 is 9.84 Å². The topological polar surface area (TPSA) is 46.5 Å². The van der Waals surface area contributed by atoms with Crippen molar-refractivity contribution in [3.8, 4) is 5.75 Å². The van der Waals surface area contributed by atoms with Crippen LogP contribution in [-0.2, 0) is 28.7 Å².